The van der Waals surface area contributed by atoms with E-state index in [0.717, 1.165) is 17.8 Å². The van der Waals surface area contributed by atoms with E-state index >= 15 is 0 Å². The highest BCUT2D eigenvalue weighted by Crippen LogP contribution is 2.33. The Morgan fingerprint density at radius 1 is 1.00 bits per heavy atom. The van der Waals surface area contributed by atoms with Crippen LogP contribution in [0.5, 0.6) is 0 Å². The van der Waals surface area contributed by atoms with E-state index in [1.807, 2.05) is 6.07 Å². The van der Waals surface area contributed by atoms with Crippen LogP contribution in [0.4, 0.5) is 24.5 Å². The Labute approximate surface area is 130 Å². The van der Waals surface area contributed by atoms with Crippen molar-refractivity contribution in [2.75, 3.05) is 5.32 Å². The van der Waals surface area contributed by atoms with Gasteiger partial charge < -0.3 is 5.32 Å². The zero-order valence-electron chi connectivity index (χ0n) is 11.7. The summed E-state index contributed by atoms with van der Waals surface area (Å²) in [6.07, 6.45) is -2.94. The molecule has 23 heavy (non-hydrogen) atoms. The monoisotopic (exact) mass is 313 g/mol. The molecule has 0 aliphatic heterocycles. The van der Waals surface area contributed by atoms with Crippen LogP contribution in [0.1, 0.15) is 11.1 Å². The summed E-state index contributed by atoms with van der Waals surface area (Å²) in [5, 5.41) is 12.5. The van der Waals surface area contributed by atoms with Gasteiger partial charge in [0.1, 0.15) is 0 Å². The van der Waals surface area contributed by atoms with Gasteiger partial charge in [0.15, 0.2) is 0 Å². The average molecular weight is 313 g/mol. The van der Waals surface area contributed by atoms with Crippen molar-refractivity contribution >= 4 is 22.3 Å². The van der Waals surface area contributed by atoms with Gasteiger partial charge in [0, 0.05) is 23.0 Å². The van der Waals surface area contributed by atoms with Crippen molar-refractivity contribution in [2.45, 2.75) is 6.18 Å². The second-order valence-electron chi connectivity index (χ2n) is 4.90. The van der Waals surface area contributed by atoms with E-state index < -0.39 is 11.7 Å². The number of hydrogen-bond donors (Lipinski definition) is 1. The zero-order chi connectivity index (χ0) is 16.4. The second-order valence-corrected chi connectivity index (χ2v) is 4.90. The first kappa shape index (κ1) is 14.9. The van der Waals surface area contributed by atoms with Gasteiger partial charge in [-0.2, -0.15) is 18.4 Å². The molecule has 1 heterocycles. The van der Waals surface area contributed by atoms with Gasteiger partial charge in [0.2, 0.25) is 0 Å². The number of anilines is 2. The molecule has 0 bridgehead atoms. The molecule has 3 nitrogen and oxygen atoms in total. The van der Waals surface area contributed by atoms with E-state index in [9.17, 15) is 13.2 Å². The number of pyridine rings is 1. The maximum atomic E-state index is 12.8. The van der Waals surface area contributed by atoms with Gasteiger partial charge in [0.25, 0.3) is 0 Å². The molecule has 114 valence electrons. The fourth-order valence-corrected chi connectivity index (χ4v) is 2.22. The second kappa shape index (κ2) is 5.61. The molecule has 2 aromatic carbocycles. The molecular weight excluding hydrogens is 303 g/mol. The fraction of sp³-hybridized carbons (Fsp3) is 0.0588. The molecule has 3 aromatic rings. The van der Waals surface area contributed by atoms with E-state index in [1.165, 1.54) is 12.3 Å². The van der Waals surface area contributed by atoms with Gasteiger partial charge in [-0.15, -0.1) is 0 Å². The number of fused-ring (bicyclic) bond motifs is 1. The molecule has 0 fully saturated rings. The summed E-state index contributed by atoms with van der Waals surface area (Å²) in [5.74, 6) is 0. The highest BCUT2D eigenvalue weighted by Gasteiger charge is 2.30. The minimum Gasteiger partial charge on any atom is -0.355 e. The summed E-state index contributed by atoms with van der Waals surface area (Å²) in [5.41, 5.74) is 1.45. The Balaban J connectivity index is 1.99. The van der Waals surface area contributed by atoms with Crippen molar-refractivity contribution in [1.29, 1.82) is 5.26 Å². The quantitative estimate of drug-likeness (QED) is 0.734. The summed E-state index contributed by atoms with van der Waals surface area (Å²) in [7, 11) is 0. The van der Waals surface area contributed by atoms with Crippen LogP contribution in [0.25, 0.3) is 10.9 Å². The number of nitrogens with zero attached hydrogens (tertiary/aromatic N) is 2. The van der Waals surface area contributed by atoms with Crippen LogP contribution in [-0.4, -0.2) is 4.98 Å². The zero-order valence-corrected chi connectivity index (χ0v) is 11.7. The Kier molecular flexibility index (Phi) is 3.62. The molecule has 6 heteroatoms. The van der Waals surface area contributed by atoms with E-state index in [2.05, 4.69) is 10.3 Å². The molecule has 0 unspecified atom stereocenters. The van der Waals surface area contributed by atoms with Crippen molar-refractivity contribution in [3.8, 4) is 6.07 Å². The molecule has 0 amide bonds. The van der Waals surface area contributed by atoms with Crippen molar-refractivity contribution in [1.82, 2.24) is 4.98 Å². The van der Waals surface area contributed by atoms with Crippen LogP contribution in [0.3, 0.4) is 0 Å². The minimum atomic E-state index is -4.40. The number of halogens is 3. The number of nitrogens with one attached hydrogen (secondary N) is 1. The van der Waals surface area contributed by atoms with Gasteiger partial charge in [-0.25, -0.2) is 0 Å². The first-order chi connectivity index (χ1) is 11.0. The molecule has 0 aliphatic carbocycles. The Morgan fingerprint density at radius 3 is 2.39 bits per heavy atom. The number of rotatable bonds is 2. The van der Waals surface area contributed by atoms with Crippen molar-refractivity contribution in [2.24, 2.45) is 0 Å². The van der Waals surface area contributed by atoms with Crippen LogP contribution < -0.4 is 5.32 Å². The van der Waals surface area contributed by atoms with E-state index in [-0.39, 0.29) is 5.52 Å². The molecule has 0 atom stereocenters. The molecule has 0 spiro atoms. The van der Waals surface area contributed by atoms with E-state index in [4.69, 9.17) is 5.26 Å². The van der Waals surface area contributed by atoms with Crippen molar-refractivity contribution in [3.05, 3.63) is 65.9 Å². The van der Waals surface area contributed by atoms with Crippen LogP contribution in [0.15, 0.2) is 54.7 Å². The highest BCUT2D eigenvalue weighted by molar-refractivity contribution is 5.93. The largest absolute Gasteiger partial charge is 0.416 e. The lowest BCUT2D eigenvalue weighted by Gasteiger charge is -2.11. The molecule has 0 aliphatic rings. The van der Waals surface area contributed by atoms with E-state index in [0.29, 0.717) is 16.6 Å². The third-order valence-corrected chi connectivity index (χ3v) is 3.36. The predicted octanol–water partition coefficient (Wildman–Crippen LogP) is 4.87. The number of aromatic nitrogens is 1. The summed E-state index contributed by atoms with van der Waals surface area (Å²) in [4.78, 5) is 4.00. The molecule has 1 N–H and O–H groups in total. The topological polar surface area (TPSA) is 48.7 Å². The highest BCUT2D eigenvalue weighted by atomic mass is 19.4. The van der Waals surface area contributed by atoms with Gasteiger partial charge in [0.05, 0.1) is 22.7 Å². The number of nitriles is 1. The third-order valence-electron chi connectivity index (χ3n) is 3.36. The Hall–Kier alpha value is -3.07. The van der Waals surface area contributed by atoms with Crippen LogP contribution in [0, 0.1) is 11.3 Å². The van der Waals surface area contributed by atoms with Gasteiger partial charge in [-0.05, 0) is 42.5 Å². The van der Waals surface area contributed by atoms with Gasteiger partial charge in [-0.1, -0.05) is 6.07 Å². The number of hydrogen-bond acceptors (Lipinski definition) is 3. The SMILES string of the molecule is N#Cc1ccc(Nc2ccnc3cc(C(F)(F)F)ccc23)cc1. The molecule has 0 saturated heterocycles. The van der Waals surface area contributed by atoms with Crippen LogP contribution in [0.2, 0.25) is 0 Å². The molecule has 0 saturated carbocycles. The fourth-order valence-electron chi connectivity index (χ4n) is 2.22. The molecule has 3 rings (SSSR count). The van der Waals surface area contributed by atoms with Crippen molar-refractivity contribution in [3.63, 3.8) is 0 Å². The summed E-state index contributed by atoms with van der Waals surface area (Å²) in [6.45, 7) is 0. The standard InChI is InChI=1S/C17H10F3N3/c18-17(19,20)12-3-6-14-15(7-8-22-16(14)9-12)23-13-4-1-11(10-21)2-5-13/h1-9H,(H,22,23). The van der Waals surface area contributed by atoms with Crippen molar-refractivity contribution < 1.29 is 13.2 Å². The lowest BCUT2D eigenvalue weighted by molar-refractivity contribution is -0.137. The van der Waals surface area contributed by atoms with Gasteiger partial charge >= 0.3 is 6.18 Å². The Bertz CT molecular complexity index is 894. The summed E-state index contributed by atoms with van der Waals surface area (Å²) < 4.78 is 38.3. The maximum absolute atomic E-state index is 12.8. The lowest BCUT2D eigenvalue weighted by atomic mass is 10.1. The number of alkyl halides is 3. The predicted molar refractivity (Wildman–Crippen MR) is 81.2 cm³/mol. The Morgan fingerprint density at radius 2 is 1.74 bits per heavy atom. The maximum Gasteiger partial charge on any atom is 0.416 e. The molecule has 1 aromatic heterocycles. The number of benzene rings is 2. The van der Waals surface area contributed by atoms with E-state index in [1.54, 1.807) is 30.3 Å². The first-order valence-electron chi connectivity index (χ1n) is 6.70. The average Bonchev–Trinajstić information content (AvgIpc) is 2.54. The third kappa shape index (κ3) is 3.09. The van der Waals surface area contributed by atoms with Crippen LogP contribution >= 0.6 is 0 Å². The van der Waals surface area contributed by atoms with Crippen LogP contribution in [-0.2, 0) is 6.18 Å². The summed E-state index contributed by atoms with van der Waals surface area (Å²) >= 11 is 0. The lowest BCUT2D eigenvalue weighted by Crippen LogP contribution is -2.04. The summed E-state index contributed by atoms with van der Waals surface area (Å²) in [6, 6.07) is 14.0. The molecule has 0 radical (unpaired) electrons. The minimum absolute atomic E-state index is 0.262. The van der Waals surface area contributed by atoms with Gasteiger partial charge in [-0.3, -0.25) is 4.98 Å². The normalized spacial score (nSPS) is 11.2. The first-order valence-corrected chi connectivity index (χ1v) is 6.70. The molecular formula is C17H10F3N3. The smallest absolute Gasteiger partial charge is 0.355 e.